The second-order valence-corrected chi connectivity index (χ2v) is 9.28. The molecular formula is C21H21N5O6S2. The fourth-order valence-corrected chi connectivity index (χ4v) is 5.44. The molecule has 2 atom stereocenters. The third-order valence-electron chi connectivity index (χ3n) is 5.09. The van der Waals surface area contributed by atoms with Gasteiger partial charge in [-0.2, -0.15) is 0 Å². The van der Waals surface area contributed by atoms with Crippen molar-refractivity contribution in [2.45, 2.75) is 18.0 Å². The molecule has 4 N–H and O–H groups in total. The molecule has 2 aromatic rings. The Hall–Kier alpha value is -3.42. The summed E-state index contributed by atoms with van der Waals surface area (Å²) in [5, 5.41) is 17.3. The third-order valence-corrected chi connectivity index (χ3v) is 7.10. The number of anilines is 1. The number of amides is 2. The summed E-state index contributed by atoms with van der Waals surface area (Å²) in [6.07, 6.45) is 0. The van der Waals surface area contributed by atoms with Crippen LogP contribution in [0.1, 0.15) is 11.3 Å². The number of aromatic nitrogens is 1. The van der Waals surface area contributed by atoms with Gasteiger partial charge in [0.2, 0.25) is 0 Å². The number of hydrogen-bond donors (Lipinski definition) is 3. The zero-order valence-electron chi connectivity index (χ0n) is 18.0. The van der Waals surface area contributed by atoms with Crippen molar-refractivity contribution >= 4 is 51.7 Å². The predicted octanol–water partition coefficient (Wildman–Crippen LogP) is 1.03. The molecule has 0 bridgehead atoms. The van der Waals surface area contributed by atoms with Gasteiger partial charge in [-0.15, -0.1) is 23.1 Å². The number of aliphatic carboxylic acids is 1. The van der Waals surface area contributed by atoms with Gasteiger partial charge >= 0.3 is 5.97 Å². The van der Waals surface area contributed by atoms with Crippen LogP contribution in [0.2, 0.25) is 0 Å². The van der Waals surface area contributed by atoms with Crippen LogP contribution in [-0.4, -0.2) is 69.4 Å². The Bertz CT molecular complexity index is 1170. The number of carboxylic acids is 1. The first-order valence-corrected chi connectivity index (χ1v) is 12.0. The van der Waals surface area contributed by atoms with Crippen molar-refractivity contribution in [2.24, 2.45) is 5.16 Å². The van der Waals surface area contributed by atoms with Crippen LogP contribution in [-0.2, 0) is 30.6 Å². The minimum atomic E-state index is -1.22. The maximum Gasteiger partial charge on any atom is 0.352 e. The van der Waals surface area contributed by atoms with Crippen molar-refractivity contribution in [3.8, 4) is 0 Å². The zero-order chi connectivity index (χ0) is 24.2. The van der Waals surface area contributed by atoms with Gasteiger partial charge in [-0.1, -0.05) is 35.5 Å². The van der Waals surface area contributed by atoms with Gasteiger partial charge in [0.05, 0.1) is 13.2 Å². The van der Waals surface area contributed by atoms with Gasteiger partial charge in [0.1, 0.15) is 29.9 Å². The Morgan fingerprint density at radius 1 is 1.32 bits per heavy atom. The first kappa shape index (κ1) is 23.7. The average molecular weight is 504 g/mol. The van der Waals surface area contributed by atoms with Crippen LogP contribution in [0.15, 0.2) is 52.1 Å². The summed E-state index contributed by atoms with van der Waals surface area (Å²) in [6.45, 7) is 0.396. The van der Waals surface area contributed by atoms with Crippen molar-refractivity contribution in [3.05, 3.63) is 58.2 Å². The number of oxime groups is 1. The second-order valence-electron chi connectivity index (χ2n) is 7.29. The number of carbonyl (C=O) groups is 3. The number of thioether (sulfide) groups is 1. The number of benzene rings is 1. The lowest BCUT2D eigenvalue weighted by atomic mass is 10.0. The van der Waals surface area contributed by atoms with E-state index in [0.29, 0.717) is 17.9 Å². The summed E-state index contributed by atoms with van der Waals surface area (Å²) >= 11 is 2.48. The molecule has 2 aliphatic rings. The van der Waals surface area contributed by atoms with Crippen molar-refractivity contribution in [2.75, 3.05) is 25.2 Å². The first-order chi connectivity index (χ1) is 16.4. The number of rotatable bonds is 9. The molecule has 0 spiro atoms. The van der Waals surface area contributed by atoms with Crippen molar-refractivity contribution in [1.29, 1.82) is 0 Å². The van der Waals surface area contributed by atoms with E-state index in [-0.39, 0.29) is 28.8 Å². The molecule has 4 rings (SSSR count). The predicted molar refractivity (Wildman–Crippen MR) is 126 cm³/mol. The number of nitrogens with zero attached hydrogens (tertiary/aromatic N) is 3. The van der Waals surface area contributed by atoms with E-state index in [1.165, 1.54) is 23.8 Å². The molecule has 3 heterocycles. The monoisotopic (exact) mass is 503 g/mol. The van der Waals surface area contributed by atoms with Gasteiger partial charge in [0, 0.05) is 11.1 Å². The number of β-lactam (4-membered cyclic amide) rings is 1. The Morgan fingerprint density at radius 2 is 2.09 bits per heavy atom. The minimum Gasteiger partial charge on any atom is -0.477 e. The molecule has 34 heavy (non-hydrogen) atoms. The molecule has 11 nitrogen and oxygen atoms in total. The number of ether oxygens (including phenoxy) is 1. The van der Waals surface area contributed by atoms with Gasteiger partial charge in [-0.25, -0.2) is 9.78 Å². The van der Waals surface area contributed by atoms with Crippen molar-refractivity contribution < 1.29 is 29.1 Å². The van der Waals surface area contributed by atoms with Gasteiger partial charge in [-0.05, 0) is 11.1 Å². The van der Waals surface area contributed by atoms with E-state index in [1.54, 1.807) is 5.38 Å². The Morgan fingerprint density at radius 3 is 2.74 bits per heavy atom. The maximum atomic E-state index is 12.9. The fraction of sp³-hybridized carbons (Fsp3) is 0.286. The SMILES string of the molecule is CON=C(C(=O)NC1C(=O)N2C(C(=O)O)=C(COCc3ccccc3)CS[C@H]12)c1csc(N)n1. The summed E-state index contributed by atoms with van der Waals surface area (Å²) in [7, 11) is 1.28. The number of nitrogen functional groups attached to an aromatic ring is 1. The van der Waals surface area contributed by atoms with E-state index in [2.05, 4.69) is 15.5 Å². The number of thiazole rings is 1. The lowest BCUT2D eigenvalue weighted by molar-refractivity contribution is -0.150. The quantitative estimate of drug-likeness (QED) is 0.258. The molecule has 178 valence electrons. The van der Waals surface area contributed by atoms with Gasteiger partial charge in [-0.3, -0.25) is 14.5 Å². The molecule has 1 fully saturated rings. The van der Waals surface area contributed by atoms with Crippen molar-refractivity contribution in [3.63, 3.8) is 0 Å². The molecule has 1 aromatic heterocycles. The smallest absolute Gasteiger partial charge is 0.352 e. The number of hydrogen-bond acceptors (Lipinski definition) is 10. The second kappa shape index (κ2) is 10.2. The fourth-order valence-electron chi connectivity index (χ4n) is 3.56. The molecule has 0 saturated carbocycles. The molecule has 1 saturated heterocycles. The summed E-state index contributed by atoms with van der Waals surface area (Å²) in [5.74, 6) is -2.08. The van der Waals surface area contributed by atoms with E-state index in [1.807, 2.05) is 30.3 Å². The molecule has 0 aliphatic carbocycles. The molecule has 1 aromatic carbocycles. The third kappa shape index (κ3) is 4.76. The van der Waals surface area contributed by atoms with E-state index in [0.717, 1.165) is 16.9 Å². The van der Waals surface area contributed by atoms with E-state index >= 15 is 0 Å². The van der Waals surface area contributed by atoms with Crippen molar-refractivity contribution in [1.82, 2.24) is 15.2 Å². The number of carbonyl (C=O) groups excluding carboxylic acids is 2. The Balaban J connectivity index is 1.45. The number of fused-ring (bicyclic) bond motifs is 1. The summed E-state index contributed by atoms with van der Waals surface area (Å²) in [5.41, 5.74) is 7.06. The lowest BCUT2D eigenvalue weighted by Gasteiger charge is -2.49. The lowest BCUT2D eigenvalue weighted by Crippen LogP contribution is -2.71. The zero-order valence-corrected chi connectivity index (χ0v) is 19.6. The van der Waals surface area contributed by atoms with E-state index < -0.39 is 29.2 Å². The molecule has 2 aliphatic heterocycles. The van der Waals surface area contributed by atoms with Crippen LogP contribution in [0.5, 0.6) is 0 Å². The highest BCUT2D eigenvalue weighted by atomic mass is 32.2. The highest BCUT2D eigenvalue weighted by Gasteiger charge is 2.54. The number of nitrogens with two attached hydrogens (primary N) is 1. The van der Waals surface area contributed by atoms with Gasteiger partial charge in [0.15, 0.2) is 10.8 Å². The topological polar surface area (TPSA) is 156 Å². The Kier molecular flexibility index (Phi) is 7.14. The largest absolute Gasteiger partial charge is 0.477 e. The van der Waals surface area contributed by atoms with Crippen LogP contribution >= 0.6 is 23.1 Å². The highest BCUT2D eigenvalue weighted by molar-refractivity contribution is 8.00. The van der Waals surface area contributed by atoms with Crippen LogP contribution in [0.3, 0.4) is 0 Å². The van der Waals surface area contributed by atoms with Gasteiger partial charge in [0.25, 0.3) is 11.8 Å². The summed E-state index contributed by atoms with van der Waals surface area (Å²) in [4.78, 5) is 47.6. The molecule has 13 heteroatoms. The number of carboxylic acid groups (broad SMARTS) is 1. The summed E-state index contributed by atoms with van der Waals surface area (Å²) < 4.78 is 5.70. The van der Waals surface area contributed by atoms with Crippen LogP contribution < -0.4 is 11.1 Å². The summed E-state index contributed by atoms with van der Waals surface area (Å²) in [6, 6.07) is 8.57. The molecular weight excluding hydrogens is 482 g/mol. The average Bonchev–Trinajstić information content (AvgIpc) is 3.26. The normalized spacial score (nSPS) is 20.0. The first-order valence-electron chi connectivity index (χ1n) is 10.1. The molecule has 2 amide bonds. The highest BCUT2D eigenvalue weighted by Crippen LogP contribution is 2.40. The maximum absolute atomic E-state index is 12.9. The molecule has 1 unspecified atom stereocenters. The standard InChI is InChI=1S/C21H21N5O6S2/c1-31-25-14(13-10-34-21(22)23-13)17(27)24-15-18(28)26-16(20(29)30)12(9-33-19(15)26)8-32-7-11-5-3-2-4-6-11/h2-6,10,15,19H,7-9H2,1H3,(H2,22,23)(H,24,27)(H,29,30)/t15?,19-/m1/s1. The van der Waals surface area contributed by atoms with Crippen LogP contribution in [0, 0.1) is 0 Å². The van der Waals surface area contributed by atoms with Crippen LogP contribution in [0.4, 0.5) is 5.13 Å². The van der Waals surface area contributed by atoms with E-state index in [4.69, 9.17) is 15.3 Å². The Labute approximate surface area is 202 Å². The number of nitrogens with one attached hydrogen (secondary N) is 1. The van der Waals surface area contributed by atoms with Gasteiger partial charge < -0.3 is 25.7 Å². The van der Waals surface area contributed by atoms with E-state index in [9.17, 15) is 19.5 Å². The minimum absolute atomic E-state index is 0.0763. The van der Waals surface area contributed by atoms with Crippen LogP contribution in [0.25, 0.3) is 0 Å². The molecule has 0 radical (unpaired) electrons.